The van der Waals surface area contributed by atoms with Gasteiger partial charge in [0.05, 0.1) is 5.56 Å². The molecule has 0 amide bonds. The number of hydrogen-bond acceptors (Lipinski definition) is 3. The highest BCUT2D eigenvalue weighted by atomic mass is 16.4. The van der Waals surface area contributed by atoms with Crippen molar-refractivity contribution in [2.24, 2.45) is 5.92 Å². The molecule has 2 atom stereocenters. The molecule has 0 radical (unpaired) electrons. The maximum absolute atomic E-state index is 10.8. The molecule has 1 heterocycles. The number of pyridine rings is 1. The van der Waals surface area contributed by atoms with Crippen LogP contribution in [0.5, 0.6) is 0 Å². The Hall–Kier alpha value is -1.58. The van der Waals surface area contributed by atoms with Crippen molar-refractivity contribution in [3.63, 3.8) is 0 Å². The molecular formula is C12H18N2O2. The molecule has 0 fully saturated rings. The highest BCUT2D eigenvalue weighted by Crippen LogP contribution is 2.14. The van der Waals surface area contributed by atoms with Gasteiger partial charge in [-0.25, -0.2) is 9.78 Å². The third kappa shape index (κ3) is 3.22. The van der Waals surface area contributed by atoms with Crippen LogP contribution in [-0.2, 0) is 0 Å². The summed E-state index contributed by atoms with van der Waals surface area (Å²) >= 11 is 0. The van der Waals surface area contributed by atoms with Gasteiger partial charge in [-0.05, 0) is 25.0 Å². The number of carbonyl (C=O) groups is 1. The third-order valence-electron chi connectivity index (χ3n) is 2.88. The Morgan fingerprint density at radius 2 is 2.25 bits per heavy atom. The predicted molar refractivity (Wildman–Crippen MR) is 63.7 cm³/mol. The molecule has 0 saturated carbocycles. The molecule has 16 heavy (non-hydrogen) atoms. The Kier molecular flexibility index (Phi) is 4.28. The molecule has 0 bridgehead atoms. The van der Waals surface area contributed by atoms with Gasteiger partial charge in [0.2, 0.25) is 0 Å². The zero-order valence-corrected chi connectivity index (χ0v) is 9.90. The summed E-state index contributed by atoms with van der Waals surface area (Å²) in [5, 5.41) is 12.1. The van der Waals surface area contributed by atoms with E-state index in [1.165, 1.54) is 12.3 Å². The highest BCUT2D eigenvalue weighted by Gasteiger charge is 2.11. The summed E-state index contributed by atoms with van der Waals surface area (Å²) in [5.41, 5.74) is 0.258. The van der Waals surface area contributed by atoms with Crippen LogP contribution in [-0.4, -0.2) is 22.1 Å². The number of aromatic carboxylic acids is 1. The van der Waals surface area contributed by atoms with Crippen molar-refractivity contribution >= 4 is 11.8 Å². The van der Waals surface area contributed by atoms with Gasteiger partial charge in [0.25, 0.3) is 0 Å². The van der Waals surface area contributed by atoms with Crippen LogP contribution < -0.4 is 5.32 Å². The van der Waals surface area contributed by atoms with Crippen molar-refractivity contribution in [3.05, 3.63) is 23.9 Å². The van der Waals surface area contributed by atoms with E-state index in [2.05, 4.69) is 31.1 Å². The van der Waals surface area contributed by atoms with E-state index < -0.39 is 5.97 Å². The standard InChI is InChI=1S/C12H18N2O2/c1-4-8(2)9(3)14-11-7-10(12(15)16)5-6-13-11/h5-9H,4H2,1-3H3,(H,13,14)(H,15,16). The van der Waals surface area contributed by atoms with Crippen molar-refractivity contribution in [1.29, 1.82) is 0 Å². The molecule has 0 aromatic carbocycles. The largest absolute Gasteiger partial charge is 0.478 e. The first kappa shape index (κ1) is 12.5. The number of carboxylic acid groups (broad SMARTS) is 1. The SMILES string of the molecule is CCC(C)C(C)Nc1cc(C(=O)O)ccn1. The molecule has 0 aliphatic rings. The Bertz CT molecular complexity index is 366. The average molecular weight is 222 g/mol. The minimum Gasteiger partial charge on any atom is -0.478 e. The maximum atomic E-state index is 10.8. The van der Waals surface area contributed by atoms with Gasteiger partial charge in [-0.2, -0.15) is 0 Å². The summed E-state index contributed by atoms with van der Waals surface area (Å²) in [4.78, 5) is 14.9. The molecule has 1 aromatic rings. The second-order valence-corrected chi connectivity index (χ2v) is 4.05. The fraction of sp³-hybridized carbons (Fsp3) is 0.500. The molecule has 2 unspecified atom stereocenters. The molecule has 0 aliphatic heterocycles. The van der Waals surface area contributed by atoms with Crippen LogP contribution in [0.15, 0.2) is 18.3 Å². The van der Waals surface area contributed by atoms with Crippen LogP contribution in [0.2, 0.25) is 0 Å². The third-order valence-corrected chi connectivity index (χ3v) is 2.88. The van der Waals surface area contributed by atoms with Gasteiger partial charge in [-0.3, -0.25) is 0 Å². The molecule has 1 rings (SSSR count). The minimum absolute atomic E-state index is 0.258. The highest BCUT2D eigenvalue weighted by molar-refractivity contribution is 5.88. The summed E-state index contributed by atoms with van der Waals surface area (Å²) in [6, 6.07) is 3.32. The molecule has 0 saturated heterocycles. The first-order chi connectivity index (χ1) is 7.54. The van der Waals surface area contributed by atoms with Gasteiger partial charge >= 0.3 is 5.97 Å². The number of hydrogen-bond donors (Lipinski definition) is 2. The number of aromatic nitrogens is 1. The van der Waals surface area contributed by atoms with Crippen LogP contribution in [0.3, 0.4) is 0 Å². The van der Waals surface area contributed by atoms with Crippen molar-refractivity contribution in [2.75, 3.05) is 5.32 Å². The number of carboxylic acids is 1. The summed E-state index contributed by atoms with van der Waals surface area (Å²) in [6.07, 6.45) is 2.59. The van der Waals surface area contributed by atoms with E-state index in [9.17, 15) is 4.79 Å². The van der Waals surface area contributed by atoms with Crippen molar-refractivity contribution in [3.8, 4) is 0 Å². The minimum atomic E-state index is -0.929. The van der Waals surface area contributed by atoms with Crippen LogP contribution in [0.25, 0.3) is 0 Å². The van der Waals surface area contributed by atoms with E-state index in [1.807, 2.05) is 0 Å². The quantitative estimate of drug-likeness (QED) is 0.804. The van der Waals surface area contributed by atoms with E-state index in [0.29, 0.717) is 11.7 Å². The van der Waals surface area contributed by atoms with Gasteiger partial charge in [0.1, 0.15) is 5.82 Å². The fourth-order valence-electron chi connectivity index (χ4n) is 1.37. The topological polar surface area (TPSA) is 62.2 Å². The number of nitrogens with one attached hydrogen (secondary N) is 1. The number of anilines is 1. The van der Waals surface area contributed by atoms with Crippen LogP contribution in [0.1, 0.15) is 37.6 Å². The zero-order valence-electron chi connectivity index (χ0n) is 9.90. The van der Waals surface area contributed by atoms with E-state index in [-0.39, 0.29) is 11.6 Å². The summed E-state index contributed by atoms with van der Waals surface area (Å²) < 4.78 is 0. The zero-order chi connectivity index (χ0) is 12.1. The molecule has 2 N–H and O–H groups in total. The molecule has 0 aliphatic carbocycles. The first-order valence-corrected chi connectivity index (χ1v) is 5.50. The smallest absolute Gasteiger partial charge is 0.335 e. The van der Waals surface area contributed by atoms with E-state index in [0.717, 1.165) is 6.42 Å². The molecule has 1 aromatic heterocycles. The maximum Gasteiger partial charge on any atom is 0.335 e. The Balaban J connectivity index is 2.74. The van der Waals surface area contributed by atoms with E-state index >= 15 is 0 Å². The normalized spacial score (nSPS) is 14.2. The molecule has 88 valence electrons. The Morgan fingerprint density at radius 3 is 2.81 bits per heavy atom. The summed E-state index contributed by atoms with van der Waals surface area (Å²) in [5.74, 6) is 0.213. The molecule has 4 nitrogen and oxygen atoms in total. The van der Waals surface area contributed by atoms with E-state index in [4.69, 9.17) is 5.11 Å². The Labute approximate surface area is 95.7 Å². The van der Waals surface area contributed by atoms with Crippen molar-refractivity contribution in [2.45, 2.75) is 33.2 Å². The van der Waals surface area contributed by atoms with Crippen LogP contribution in [0.4, 0.5) is 5.82 Å². The van der Waals surface area contributed by atoms with Gasteiger partial charge in [0, 0.05) is 12.2 Å². The lowest BCUT2D eigenvalue weighted by Crippen LogP contribution is -2.23. The van der Waals surface area contributed by atoms with Crippen molar-refractivity contribution in [1.82, 2.24) is 4.98 Å². The summed E-state index contributed by atoms with van der Waals surface area (Å²) in [7, 11) is 0. The second kappa shape index (κ2) is 5.49. The average Bonchev–Trinajstić information content (AvgIpc) is 2.28. The van der Waals surface area contributed by atoms with Gasteiger partial charge in [-0.15, -0.1) is 0 Å². The van der Waals surface area contributed by atoms with Gasteiger partial charge in [0.15, 0.2) is 0 Å². The molecule has 4 heteroatoms. The first-order valence-electron chi connectivity index (χ1n) is 5.50. The Morgan fingerprint density at radius 1 is 1.56 bits per heavy atom. The number of rotatable bonds is 5. The van der Waals surface area contributed by atoms with Crippen LogP contribution >= 0.6 is 0 Å². The number of nitrogens with zero attached hydrogens (tertiary/aromatic N) is 1. The lowest BCUT2D eigenvalue weighted by atomic mass is 10.0. The van der Waals surface area contributed by atoms with Crippen LogP contribution in [0, 0.1) is 5.92 Å². The fourth-order valence-corrected chi connectivity index (χ4v) is 1.37. The monoisotopic (exact) mass is 222 g/mol. The lowest BCUT2D eigenvalue weighted by molar-refractivity contribution is 0.0697. The predicted octanol–water partition coefficient (Wildman–Crippen LogP) is 2.63. The second-order valence-electron chi connectivity index (χ2n) is 4.05. The van der Waals surface area contributed by atoms with Crippen molar-refractivity contribution < 1.29 is 9.90 Å². The van der Waals surface area contributed by atoms with Gasteiger partial charge < -0.3 is 10.4 Å². The lowest BCUT2D eigenvalue weighted by Gasteiger charge is -2.20. The molecule has 0 spiro atoms. The van der Waals surface area contributed by atoms with E-state index in [1.54, 1.807) is 6.07 Å². The molecular weight excluding hydrogens is 204 g/mol. The van der Waals surface area contributed by atoms with Gasteiger partial charge in [-0.1, -0.05) is 20.3 Å². The summed E-state index contributed by atoms with van der Waals surface area (Å²) in [6.45, 7) is 6.35.